The van der Waals surface area contributed by atoms with Crippen LogP contribution in [0.2, 0.25) is 0 Å². The second-order valence-electron chi connectivity index (χ2n) is 4.38. The van der Waals surface area contributed by atoms with Gasteiger partial charge in [0.25, 0.3) is 0 Å². The maximum Gasteiger partial charge on any atom is 0.131 e. The Morgan fingerprint density at radius 3 is 2.82 bits per heavy atom. The quantitative estimate of drug-likeness (QED) is 0.780. The van der Waals surface area contributed by atoms with Crippen molar-refractivity contribution in [2.45, 2.75) is 12.8 Å². The number of nitrogens with one attached hydrogen (secondary N) is 1. The SMILES string of the molecule is Fc1ccccc1-c1ccc2c(c1)CCCN2. The summed E-state index contributed by atoms with van der Waals surface area (Å²) < 4.78 is 13.7. The topological polar surface area (TPSA) is 12.0 Å². The van der Waals surface area contributed by atoms with Gasteiger partial charge in [-0.25, -0.2) is 4.39 Å². The second-order valence-corrected chi connectivity index (χ2v) is 4.38. The zero-order chi connectivity index (χ0) is 11.7. The lowest BCUT2D eigenvalue weighted by Crippen LogP contribution is -2.11. The highest BCUT2D eigenvalue weighted by molar-refractivity contribution is 5.69. The van der Waals surface area contributed by atoms with Crippen molar-refractivity contribution >= 4 is 5.69 Å². The molecule has 2 aromatic rings. The average molecular weight is 227 g/mol. The van der Waals surface area contributed by atoms with Gasteiger partial charge in [0.1, 0.15) is 5.82 Å². The molecule has 0 aromatic heterocycles. The Hall–Kier alpha value is -1.83. The lowest BCUT2D eigenvalue weighted by atomic mass is 9.97. The molecular formula is C15H14FN. The number of hydrogen-bond acceptors (Lipinski definition) is 1. The van der Waals surface area contributed by atoms with Crippen LogP contribution in [-0.2, 0) is 6.42 Å². The summed E-state index contributed by atoms with van der Waals surface area (Å²) in [7, 11) is 0. The van der Waals surface area contributed by atoms with Gasteiger partial charge < -0.3 is 5.32 Å². The van der Waals surface area contributed by atoms with E-state index in [-0.39, 0.29) is 5.82 Å². The summed E-state index contributed by atoms with van der Waals surface area (Å²) in [5.74, 6) is -0.156. The largest absolute Gasteiger partial charge is 0.385 e. The van der Waals surface area contributed by atoms with Gasteiger partial charge in [-0.2, -0.15) is 0 Å². The van der Waals surface area contributed by atoms with Crippen LogP contribution in [-0.4, -0.2) is 6.54 Å². The summed E-state index contributed by atoms with van der Waals surface area (Å²) >= 11 is 0. The van der Waals surface area contributed by atoms with Gasteiger partial charge in [0.2, 0.25) is 0 Å². The fourth-order valence-corrected chi connectivity index (χ4v) is 2.34. The highest BCUT2D eigenvalue weighted by Gasteiger charge is 2.10. The molecule has 0 aliphatic carbocycles. The highest BCUT2D eigenvalue weighted by Crippen LogP contribution is 2.29. The molecule has 0 unspecified atom stereocenters. The number of anilines is 1. The molecule has 0 atom stereocenters. The fraction of sp³-hybridized carbons (Fsp3) is 0.200. The summed E-state index contributed by atoms with van der Waals surface area (Å²) in [5, 5.41) is 3.36. The zero-order valence-corrected chi connectivity index (χ0v) is 9.54. The minimum Gasteiger partial charge on any atom is -0.385 e. The molecule has 17 heavy (non-hydrogen) atoms. The van der Waals surface area contributed by atoms with Crippen LogP contribution in [0.15, 0.2) is 42.5 Å². The fourth-order valence-electron chi connectivity index (χ4n) is 2.34. The third-order valence-corrected chi connectivity index (χ3v) is 3.23. The van der Waals surface area contributed by atoms with Crippen molar-refractivity contribution in [2.75, 3.05) is 11.9 Å². The first-order chi connectivity index (χ1) is 8.34. The van der Waals surface area contributed by atoms with E-state index >= 15 is 0 Å². The van der Waals surface area contributed by atoms with Gasteiger partial charge in [0.15, 0.2) is 0 Å². The monoisotopic (exact) mass is 227 g/mol. The molecule has 86 valence electrons. The number of hydrogen-bond donors (Lipinski definition) is 1. The van der Waals surface area contributed by atoms with Crippen molar-refractivity contribution in [3.8, 4) is 11.1 Å². The maximum absolute atomic E-state index is 13.7. The second kappa shape index (κ2) is 4.21. The molecule has 0 amide bonds. The summed E-state index contributed by atoms with van der Waals surface area (Å²) in [6.45, 7) is 1.03. The van der Waals surface area contributed by atoms with E-state index in [0.29, 0.717) is 5.56 Å². The smallest absolute Gasteiger partial charge is 0.131 e. The molecule has 0 saturated heterocycles. The first-order valence-corrected chi connectivity index (χ1v) is 5.96. The van der Waals surface area contributed by atoms with Crippen LogP contribution in [0.25, 0.3) is 11.1 Å². The van der Waals surface area contributed by atoms with Crippen molar-refractivity contribution in [3.63, 3.8) is 0 Å². The molecule has 0 spiro atoms. The number of fused-ring (bicyclic) bond motifs is 1. The van der Waals surface area contributed by atoms with E-state index in [1.165, 1.54) is 17.3 Å². The highest BCUT2D eigenvalue weighted by atomic mass is 19.1. The summed E-state index contributed by atoms with van der Waals surface area (Å²) in [6.07, 6.45) is 2.22. The van der Waals surface area contributed by atoms with E-state index in [1.54, 1.807) is 6.07 Å². The Morgan fingerprint density at radius 1 is 1.06 bits per heavy atom. The molecule has 0 bridgehead atoms. The molecule has 1 aliphatic heterocycles. The molecule has 2 heteroatoms. The van der Waals surface area contributed by atoms with E-state index < -0.39 is 0 Å². The normalized spacial score (nSPS) is 13.9. The molecule has 1 aliphatic rings. The molecule has 1 N–H and O–H groups in total. The lowest BCUT2D eigenvalue weighted by Gasteiger charge is -2.18. The van der Waals surface area contributed by atoms with E-state index in [1.807, 2.05) is 18.2 Å². The Balaban J connectivity index is 2.07. The summed E-state index contributed by atoms with van der Waals surface area (Å²) in [4.78, 5) is 0. The van der Waals surface area contributed by atoms with Crippen LogP contribution < -0.4 is 5.32 Å². The third kappa shape index (κ3) is 1.91. The molecular weight excluding hydrogens is 213 g/mol. The molecule has 2 aromatic carbocycles. The molecule has 3 rings (SSSR count). The van der Waals surface area contributed by atoms with Crippen LogP contribution in [0.3, 0.4) is 0 Å². The number of benzene rings is 2. The molecule has 0 fully saturated rings. The Labute approximate surface area is 100 Å². The van der Waals surface area contributed by atoms with Gasteiger partial charge in [-0.3, -0.25) is 0 Å². The molecule has 1 heterocycles. The first-order valence-electron chi connectivity index (χ1n) is 5.96. The molecule has 0 saturated carbocycles. The minimum absolute atomic E-state index is 0.156. The van der Waals surface area contributed by atoms with Crippen molar-refractivity contribution in [1.82, 2.24) is 0 Å². The van der Waals surface area contributed by atoms with Gasteiger partial charge in [-0.1, -0.05) is 24.3 Å². The van der Waals surface area contributed by atoms with Crippen molar-refractivity contribution in [2.24, 2.45) is 0 Å². The number of halogens is 1. The van der Waals surface area contributed by atoms with Crippen LogP contribution in [0, 0.1) is 5.82 Å². The van der Waals surface area contributed by atoms with E-state index in [2.05, 4.69) is 17.4 Å². The third-order valence-electron chi connectivity index (χ3n) is 3.23. The van der Waals surface area contributed by atoms with E-state index in [4.69, 9.17) is 0 Å². The molecule has 0 radical (unpaired) electrons. The van der Waals surface area contributed by atoms with Crippen LogP contribution >= 0.6 is 0 Å². The predicted octanol–water partition coefficient (Wildman–Crippen LogP) is 3.85. The van der Waals surface area contributed by atoms with Crippen LogP contribution in [0.1, 0.15) is 12.0 Å². The van der Waals surface area contributed by atoms with Gasteiger partial charge in [-0.15, -0.1) is 0 Å². The van der Waals surface area contributed by atoms with Crippen molar-refractivity contribution in [1.29, 1.82) is 0 Å². The van der Waals surface area contributed by atoms with Gasteiger partial charge in [0, 0.05) is 17.8 Å². The lowest BCUT2D eigenvalue weighted by molar-refractivity contribution is 0.631. The Morgan fingerprint density at radius 2 is 1.94 bits per heavy atom. The number of aryl methyl sites for hydroxylation is 1. The standard InChI is InChI=1S/C15H14FN/c16-14-6-2-1-5-13(14)11-7-8-15-12(10-11)4-3-9-17-15/h1-2,5-8,10,17H,3-4,9H2. The van der Waals surface area contributed by atoms with Crippen molar-refractivity contribution < 1.29 is 4.39 Å². The van der Waals surface area contributed by atoms with Crippen molar-refractivity contribution in [3.05, 3.63) is 53.8 Å². The maximum atomic E-state index is 13.7. The van der Waals surface area contributed by atoms with Gasteiger partial charge in [0.05, 0.1) is 0 Å². The first kappa shape index (κ1) is 10.3. The Bertz CT molecular complexity index is 548. The summed E-state index contributed by atoms with van der Waals surface area (Å²) in [6, 6.07) is 13.1. The van der Waals surface area contributed by atoms with Crippen LogP contribution in [0.5, 0.6) is 0 Å². The zero-order valence-electron chi connectivity index (χ0n) is 9.54. The summed E-state index contributed by atoms with van der Waals surface area (Å²) in [5.41, 5.74) is 4.12. The van der Waals surface area contributed by atoms with E-state index in [9.17, 15) is 4.39 Å². The Kier molecular flexibility index (Phi) is 2.56. The number of rotatable bonds is 1. The van der Waals surface area contributed by atoms with Gasteiger partial charge >= 0.3 is 0 Å². The minimum atomic E-state index is -0.156. The molecule has 1 nitrogen and oxygen atoms in total. The van der Waals surface area contributed by atoms with Gasteiger partial charge in [-0.05, 0) is 42.2 Å². The van der Waals surface area contributed by atoms with E-state index in [0.717, 1.165) is 24.9 Å². The van der Waals surface area contributed by atoms with Crippen LogP contribution in [0.4, 0.5) is 10.1 Å². The average Bonchev–Trinajstić information content (AvgIpc) is 2.39. The predicted molar refractivity (Wildman–Crippen MR) is 68.6 cm³/mol.